The van der Waals surface area contributed by atoms with Gasteiger partial charge >= 0.3 is 6.09 Å². The highest BCUT2D eigenvalue weighted by atomic mass is 35.5. The summed E-state index contributed by atoms with van der Waals surface area (Å²) in [5, 5.41) is 3.49. The van der Waals surface area contributed by atoms with Crippen LogP contribution in [0, 0.1) is 0 Å². The first-order chi connectivity index (χ1) is 15.5. The van der Waals surface area contributed by atoms with Gasteiger partial charge in [0.15, 0.2) is 0 Å². The maximum atomic E-state index is 13.6. The Morgan fingerprint density at radius 2 is 1.53 bits per heavy atom. The van der Waals surface area contributed by atoms with Gasteiger partial charge in [-0.2, -0.15) is 0 Å². The van der Waals surface area contributed by atoms with Gasteiger partial charge in [-0.15, -0.1) is 0 Å². The normalized spacial score (nSPS) is 10.7. The fourth-order valence-corrected chi connectivity index (χ4v) is 3.69. The summed E-state index contributed by atoms with van der Waals surface area (Å²) in [7, 11) is 0. The third-order valence-electron chi connectivity index (χ3n) is 4.91. The lowest BCUT2D eigenvalue weighted by Gasteiger charge is -2.11. The Balaban J connectivity index is 2.03. The summed E-state index contributed by atoms with van der Waals surface area (Å²) in [6.45, 7) is 1.82. The van der Waals surface area contributed by atoms with E-state index in [0.717, 1.165) is 0 Å². The van der Waals surface area contributed by atoms with Gasteiger partial charge in [-0.25, -0.2) is 4.79 Å². The molecule has 3 aromatic carbocycles. The van der Waals surface area contributed by atoms with Crippen molar-refractivity contribution >= 4 is 46.0 Å². The van der Waals surface area contributed by atoms with Crippen LogP contribution in [0.5, 0.6) is 0 Å². The Hall–Kier alpha value is -3.90. The molecule has 0 spiro atoms. The van der Waals surface area contributed by atoms with Crippen LogP contribution in [0.2, 0.25) is 5.02 Å². The topological polar surface area (TPSA) is 77.4 Å². The van der Waals surface area contributed by atoms with Crippen molar-refractivity contribution in [2.45, 2.75) is 6.92 Å². The first kappa shape index (κ1) is 21.3. The number of benzene rings is 3. The minimum Gasteiger partial charge on any atom is -0.450 e. The predicted molar refractivity (Wildman–Crippen MR) is 124 cm³/mol. The molecule has 32 heavy (non-hydrogen) atoms. The molecule has 1 amide bonds. The van der Waals surface area contributed by atoms with E-state index in [4.69, 9.17) is 16.3 Å². The average Bonchev–Trinajstić information content (AvgIpc) is 3.12. The number of nitrogens with zero attached hydrogens (tertiary/aromatic N) is 1. The van der Waals surface area contributed by atoms with Crippen LogP contribution in [0.25, 0.3) is 10.9 Å². The van der Waals surface area contributed by atoms with E-state index < -0.39 is 17.8 Å². The zero-order chi connectivity index (χ0) is 22.7. The molecule has 0 aliphatic heterocycles. The Morgan fingerprint density at radius 1 is 0.906 bits per heavy atom. The number of ether oxygens (including phenoxy) is 1. The summed E-state index contributed by atoms with van der Waals surface area (Å²) < 4.78 is 6.35. The van der Waals surface area contributed by atoms with Gasteiger partial charge in [-0.1, -0.05) is 60.1 Å². The van der Waals surface area contributed by atoms with Crippen molar-refractivity contribution in [1.29, 1.82) is 0 Å². The maximum absolute atomic E-state index is 13.6. The number of amides is 1. The fourth-order valence-electron chi connectivity index (χ4n) is 3.52. The highest BCUT2D eigenvalue weighted by molar-refractivity contribution is 6.32. The standard InChI is InChI=1S/C25H19ClN2O4/c1-2-32-25(31)27-21-19-15-18(26)13-14-20(19)28(24(30)17-11-7-4-8-12-17)22(21)23(29)16-9-5-3-6-10-16/h3-15H,2H2,1H3,(H,27,31). The van der Waals surface area contributed by atoms with E-state index in [1.807, 2.05) is 0 Å². The van der Waals surface area contributed by atoms with Crippen LogP contribution in [-0.2, 0) is 4.74 Å². The second kappa shape index (κ2) is 9.08. The summed E-state index contributed by atoms with van der Waals surface area (Å²) in [5.74, 6) is -0.830. The Kier molecular flexibility index (Phi) is 6.05. The van der Waals surface area contributed by atoms with Gasteiger partial charge in [-0.3, -0.25) is 19.5 Å². The molecule has 0 aliphatic rings. The number of rotatable bonds is 5. The lowest BCUT2D eigenvalue weighted by Crippen LogP contribution is -2.21. The van der Waals surface area contributed by atoms with E-state index >= 15 is 0 Å². The molecule has 0 radical (unpaired) electrons. The van der Waals surface area contributed by atoms with Gasteiger partial charge in [0.05, 0.1) is 17.8 Å². The number of halogens is 1. The molecule has 0 saturated heterocycles. The molecule has 1 N–H and O–H groups in total. The van der Waals surface area contributed by atoms with Gasteiger partial charge in [0.2, 0.25) is 5.78 Å². The Bertz CT molecular complexity index is 1310. The molecule has 0 fully saturated rings. The summed E-state index contributed by atoms with van der Waals surface area (Å²) in [6, 6.07) is 22.1. The van der Waals surface area contributed by atoms with Crippen LogP contribution in [0.3, 0.4) is 0 Å². The first-order valence-corrected chi connectivity index (χ1v) is 10.4. The van der Waals surface area contributed by atoms with Crippen LogP contribution in [-0.4, -0.2) is 29.0 Å². The van der Waals surface area contributed by atoms with Crippen LogP contribution in [0.4, 0.5) is 10.5 Å². The largest absolute Gasteiger partial charge is 0.450 e. The predicted octanol–water partition coefficient (Wildman–Crippen LogP) is 5.78. The van der Waals surface area contributed by atoms with Crippen LogP contribution < -0.4 is 5.32 Å². The van der Waals surface area contributed by atoms with E-state index in [-0.39, 0.29) is 18.0 Å². The van der Waals surface area contributed by atoms with E-state index in [1.54, 1.807) is 85.8 Å². The van der Waals surface area contributed by atoms with Gasteiger partial charge in [0.1, 0.15) is 5.69 Å². The molecular weight excluding hydrogens is 428 g/mol. The summed E-state index contributed by atoms with van der Waals surface area (Å²) in [5.41, 5.74) is 1.39. The van der Waals surface area contributed by atoms with E-state index in [1.165, 1.54) is 4.57 Å². The minimum absolute atomic E-state index is 0.0235. The van der Waals surface area contributed by atoms with Gasteiger partial charge in [0, 0.05) is 21.5 Å². The summed E-state index contributed by atoms with van der Waals surface area (Å²) in [4.78, 5) is 39.5. The Morgan fingerprint density at radius 3 is 2.16 bits per heavy atom. The molecule has 6 nitrogen and oxygen atoms in total. The molecule has 4 rings (SSSR count). The van der Waals surface area contributed by atoms with Crippen LogP contribution in [0.15, 0.2) is 78.9 Å². The zero-order valence-electron chi connectivity index (χ0n) is 17.2. The van der Waals surface area contributed by atoms with E-state index in [2.05, 4.69) is 5.32 Å². The first-order valence-electron chi connectivity index (χ1n) is 9.98. The Labute approximate surface area is 189 Å². The number of carbonyl (C=O) groups is 3. The molecule has 0 aliphatic carbocycles. The average molecular weight is 447 g/mol. The monoisotopic (exact) mass is 446 g/mol. The number of anilines is 1. The number of hydrogen-bond acceptors (Lipinski definition) is 4. The smallest absolute Gasteiger partial charge is 0.411 e. The molecule has 4 aromatic rings. The molecular formula is C25H19ClN2O4. The maximum Gasteiger partial charge on any atom is 0.411 e. The quantitative estimate of drug-likeness (QED) is 0.394. The molecule has 0 unspecified atom stereocenters. The fraction of sp³-hybridized carbons (Fsp3) is 0.0800. The number of ketones is 1. The zero-order valence-corrected chi connectivity index (χ0v) is 17.9. The third-order valence-corrected chi connectivity index (χ3v) is 5.14. The number of carbonyl (C=O) groups excluding carboxylic acids is 3. The number of fused-ring (bicyclic) bond motifs is 1. The molecule has 0 atom stereocenters. The SMILES string of the molecule is CCOC(=O)Nc1c(C(=O)c2ccccc2)n(C(=O)c2ccccc2)c2ccc(Cl)cc12. The molecule has 1 heterocycles. The van der Waals surface area contributed by atoms with Crippen molar-refractivity contribution in [3.8, 4) is 0 Å². The van der Waals surface area contributed by atoms with Gasteiger partial charge < -0.3 is 4.74 Å². The van der Waals surface area contributed by atoms with Crippen molar-refractivity contribution in [1.82, 2.24) is 4.57 Å². The third kappa shape index (κ3) is 4.00. The van der Waals surface area contributed by atoms with E-state index in [0.29, 0.717) is 27.1 Å². The minimum atomic E-state index is -0.735. The van der Waals surface area contributed by atoms with Crippen LogP contribution in [0.1, 0.15) is 33.3 Å². The molecule has 7 heteroatoms. The van der Waals surface area contributed by atoms with Crippen molar-refractivity contribution < 1.29 is 19.1 Å². The molecule has 0 bridgehead atoms. The second-order valence-electron chi connectivity index (χ2n) is 6.93. The molecule has 1 aromatic heterocycles. The van der Waals surface area contributed by atoms with Crippen molar-refractivity contribution in [2.75, 3.05) is 11.9 Å². The summed E-state index contributed by atoms with van der Waals surface area (Å²) >= 11 is 6.22. The highest BCUT2D eigenvalue weighted by Crippen LogP contribution is 2.35. The van der Waals surface area contributed by atoms with Crippen molar-refractivity contribution in [2.24, 2.45) is 0 Å². The van der Waals surface area contributed by atoms with E-state index in [9.17, 15) is 14.4 Å². The lowest BCUT2D eigenvalue weighted by atomic mass is 10.1. The van der Waals surface area contributed by atoms with Gasteiger partial charge in [0.25, 0.3) is 5.91 Å². The van der Waals surface area contributed by atoms with Gasteiger partial charge in [-0.05, 0) is 37.3 Å². The molecule has 0 saturated carbocycles. The number of aromatic nitrogens is 1. The number of hydrogen-bond donors (Lipinski definition) is 1. The second-order valence-corrected chi connectivity index (χ2v) is 7.37. The molecule has 160 valence electrons. The lowest BCUT2D eigenvalue weighted by molar-refractivity contribution is 0.0938. The van der Waals surface area contributed by atoms with Crippen molar-refractivity contribution in [3.05, 3.63) is 101 Å². The van der Waals surface area contributed by atoms with Crippen LogP contribution >= 0.6 is 11.6 Å². The number of nitrogens with one attached hydrogen (secondary N) is 1. The van der Waals surface area contributed by atoms with Crippen molar-refractivity contribution in [3.63, 3.8) is 0 Å². The highest BCUT2D eigenvalue weighted by Gasteiger charge is 2.29. The summed E-state index contributed by atoms with van der Waals surface area (Å²) in [6.07, 6.45) is -0.735.